The Labute approximate surface area is 174 Å². The fourth-order valence-corrected chi connectivity index (χ4v) is 3.16. The molecule has 0 aliphatic carbocycles. The molecule has 0 unspecified atom stereocenters. The Bertz CT molecular complexity index is 1080. The number of amides is 2. The molecule has 1 aromatic heterocycles. The molecule has 1 heterocycles. The molecule has 8 nitrogen and oxygen atoms in total. The number of carbonyl (C=O) groups excluding carboxylic acids is 2. The van der Waals surface area contributed by atoms with Crippen LogP contribution in [0.1, 0.15) is 25.5 Å². The SMILES string of the molecule is COc1ccc(CC(=O)NCC(=O)N=Nc2c(O)n(C(C)C)c3ccccc23)cc1. The number of aromatic hydroxyl groups is 1. The van der Waals surface area contributed by atoms with Gasteiger partial charge >= 0.3 is 0 Å². The quantitative estimate of drug-likeness (QED) is 0.578. The van der Waals surface area contributed by atoms with Crippen molar-refractivity contribution in [3.63, 3.8) is 0 Å². The second-order valence-corrected chi connectivity index (χ2v) is 7.05. The van der Waals surface area contributed by atoms with Gasteiger partial charge in [0.2, 0.25) is 11.8 Å². The predicted octanol–water partition coefficient (Wildman–Crippen LogP) is 3.91. The van der Waals surface area contributed by atoms with Crippen molar-refractivity contribution in [2.75, 3.05) is 13.7 Å². The van der Waals surface area contributed by atoms with Crippen molar-refractivity contribution in [2.45, 2.75) is 26.3 Å². The van der Waals surface area contributed by atoms with Gasteiger partial charge in [0.25, 0.3) is 5.91 Å². The molecule has 0 aliphatic heterocycles. The van der Waals surface area contributed by atoms with E-state index in [2.05, 4.69) is 15.5 Å². The third kappa shape index (κ3) is 4.65. The van der Waals surface area contributed by atoms with Crippen LogP contribution in [0.3, 0.4) is 0 Å². The maximum Gasteiger partial charge on any atom is 0.283 e. The van der Waals surface area contributed by atoms with Gasteiger partial charge in [-0.2, -0.15) is 0 Å². The number of benzene rings is 2. The van der Waals surface area contributed by atoms with Crippen LogP contribution in [-0.2, 0) is 16.0 Å². The summed E-state index contributed by atoms with van der Waals surface area (Å²) < 4.78 is 6.81. The molecule has 0 saturated heterocycles. The molecular weight excluding hydrogens is 384 g/mol. The molecule has 2 N–H and O–H groups in total. The lowest BCUT2D eigenvalue weighted by Crippen LogP contribution is -2.29. The average molecular weight is 408 g/mol. The number of azo groups is 1. The Morgan fingerprint density at radius 3 is 2.50 bits per heavy atom. The molecule has 3 rings (SSSR count). The Morgan fingerprint density at radius 1 is 1.13 bits per heavy atom. The molecule has 0 radical (unpaired) electrons. The first-order valence-corrected chi connectivity index (χ1v) is 9.56. The lowest BCUT2D eigenvalue weighted by Gasteiger charge is -2.10. The second kappa shape index (κ2) is 9.21. The van der Waals surface area contributed by atoms with Gasteiger partial charge in [0, 0.05) is 11.4 Å². The van der Waals surface area contributed by atoms with Crippen LogP contribution in [0.5, 0.6) is 11.6 Å². The zero-order chi connectivity index (χ0) is 21.7. The Balaban J connectivity index is 1.63. The van der Waals surface area contributed by atoms with Gasteiger partial charge in [0.15, 0.2) is 5.69 Å². The minimum atomic E-state index is -0.612. The summed E-state index contributed by atoms with van der Waals surface area (Å²) in [6.07, 6.45) is 0.136. The van der Waals surface area contributed by atoms with Crippen molar-refractivity contribution in [1.82, 2.24) is 9.88 Å². The first-order valence-electron chi connectivity index (χ1n) is 9.56. The van der Waals surface area contributed by atoms with Gasteiger partial charge in [-0.05, 0) is 37.6 Å². The summed E-state index contributed by atoms with van der Waals surface area (Å²) in [7, 11) is 1.57. The van der Waals surface area contributed by atoms with Gasteiger partial charge in [-0.25, -0.2) is 0 Å². The Kier molecular flexibility index (Phi) is 6.46. The molecule has 0 fully saturated rings. The van der Waals surface area contributed by atoms with E-state index in [1.165, 1.54) is 0 Å². The predicted molar refractivity (Wildman–Crippen MR) is 113 cm³/mol. The van der Waals surface area contributed by atoms with Crippen LogP contribution in [0.15, 0.2) is 58.8 Å². The number of hydrogen-bond acceptors (Lipinski definition) is 5. The molecule has 0 atom stereocenters. The number of rotatable bonds is 7. The number of methoxy groups -OCH3 is 1. The van der Waals surface area contributed by atoms with Crippen molar-refractivity contribution in [1.29, 1.82) is 0 Å². The Hall–Kier alpha value is -3.68. The summed E-state index contributed by atoms with van der Waals surface area (Å²) in [6, 6.07) is 14.5. The van der Waals surface area contributed by atoms with Crippen LogP contribution in [-0.4, -0.2) is 35.1 Å². The third-order valence-electron chi connectivity index (χ3n) is 4.60. The number of nitrogens with one attached hydrogen (secondary N) is 1. The zero-order valence-electron chi connectivity index (χ0n) is 17.1. The highest BCUT2D eigenvalue weighted by Gasteiger charge is 2.18. The first kappa shape index (κ1) is 21.0. The van der Waals surface area contributed by atoms with Crippen molar-refractivity contribution >= 4 is 28.4 Å². The maximum atomic E-state index is 12.1. The van der Waals surface area contributed by atoms with Gasteiger partial charge < -0.3 is 19.7 Å². The minimum Gasteiger partial charge on any atom is -0.497 e. The van der Waals surface area contributed by atoms with Crippen LogP contribution < -0.4 is 10.1 Å². The minimum absolute atomic E-state index is 0.00629. The molecule has 0 saturated carbocycles. The van der Waals surface area contributed by atoms with E-state index >= 15 is 0 Å². The monoisotopic (exact) mass is 408 g/mol. The lowest BCUT2D eigenvalue weighted by atomic mass is 10.1. The molecule has 0 aliphatic rings. The normalized spacial score (nSPS) is 11.3. The fourth-order valence-electron chi connectivity index (χ4n) is 3.16. The molecule has 2 amide bonds. The highest BCUT2D eigenvalue weighted by molar-refractivity contribution is 5.95. The van der Waals surface area contributed by atoms with E-state index in [1.807, 2.05) is 38.1 Å². The third-order valence-corrected chi connectivity index (χ3v) is 4.60. The number of hydrogen-bond donors (Lipinski definition) is 2. The zero-order valence-corrected chi connectivity index (χ0v) is 17.1. The maximum absolute atomic E-state index is 12.1. The van der Waals surface area contributed by atoms with E-state index < -0.39 is 5.91 Å². The van der Waals surface area contributed by atoms with Crippen molar-refractivity contribution in [3.8, 4) is 11.6 Å². The average Bonchev–Trinajstić information content (AvgIpc) is 3.02. The van der Waals surface area contributed by atoms with Crippen LogP contribution >= 0.6 is 0 Å². The molecule has 156 valence electrons. The standard InChI is InChI=1S/C22H24N4O4/c1-14(2)26-18-7-5-4-6-17(18)21(22(26)29)25-24-20(28)13-23-19(27)12-15-8-10-16(30-3)11-9-15/h4-11,14,29H,12-13H2,1-3H3,(H,23,27). The van der Waals surface area contributed by atoms with E-state index in [0.29, 0.717) is 11.1 Å². The molecular formula is C22H24N4O4. The highest BCUT2D eigenvalue weighted by Crippen LogP contribution is 2.40. The molecule has 0 spiro atoms. The topological polar surface area (TPSA) is 105 Å². The van der Waals surface area contributed by atoms with Gasteiger partial charge in [-0.3, -0.25) is 9.59 Å². The smallest absolute Gasteiger partial charge is 0.283 e. The van der Waals surface area contributed by atoms with E-state index in [0.717, 1.165) is 11.1 Å². The first-order chi connectivity index (χ1) is 14.4. The molecule has 8 heteroatoms. The van der Waals surface area contributed by atoms with Crippen LogP contribution in [0.25, 0.3) is 10.9 Å². The van der Waals surface area contributed by atoms with Crippen LogP contribution in [0, 0.1) is 0 Å². The number of para-hydroxylation sites is 1. The van der Waals surface area contributed by atoms with Crippen molar-refractivity contribution in [2.24, 2.45) is 10.2 Å². The van der Waals surface area contributed by atoms with E-state index in [1.54, 1.807) is 35.9 Å². The summed E-state index contributed by atoms with van der Waals surface area (Å²) >= 11 is 0. The van der Waals surface area contributed by atoms with Gasteiger partial charge in [-0.15, -0.1) is 10.2 Å². The number of fused-ring (bicyclic) bond motifs is 1. The summed E-state index contributed by atoms with van der Waals surface area (Å²) in [4.78, 5) is 24.1. The highest BCUT2D eigenvalue weighted by atomic mass is 16.5. The number of nitrogens with zero attached hydrogens (tertiary/aromatic N) is 3. The van der Waals surface area contributed by atoms with E-state index in [-0.39, 0.29) is 36.5 Å². The van der Waals surface area contributed by atoms with Crippen molar-refractivity contribution in [3.05, 3.63) is 54.1 Å². The number of carbonyl (C=O) groups is 2. The lowest BCUT2D eigenvalue weighted by molar-refractivity contribution is -0.124. The van der Waals surface area contributed by atoms with E-state index in [9.17, 15) is 14.7 Å². The number of aromatic nitrogens is 1. The second-order valence-electron chi connectivity index (χ2n) is 7.05. The van der Waals surface area contributed by atoms with Gasteiger partial charge in [-0.1, -0.05) is 30.3 Å². The summed E-state index contributed by atoms with van der Waals surface area (Å²) in [5.41, 5.74) is 1.84. The van der Waals surface area contributed by atoms with Gasteiger partial charge in [0.1, 0.15) is 12.3 Å². The summed E-state index contributed by atoms with van der Waals surface area (Å²) in [6.45, 7) is 3.61. The fraction of sp³-hybridized carbons (Fsp3) is 0.273. The number of ether oxygens (including phenoxy) is 1. The summed E-state index contributed by atoms with van der Waals surface area (Å²) in [5.74, 6) is -0.259. The molecule has 2 aromatic carbocycles. The summed E-state index contributed by atoms with van der Waals surface area (Å²) in [5, 5.41) is 21.4. The van der Waals surface area contributed by atoms with Crippen molar-refractivity contribution < 1.29 is 19.4 Å². The van der Waals surface area contributed by atoms with Crippen LogP contribution in [0.4, 0.5) is 5.69 Å². The molecule has 3 aromatic rings. The molecule has 0 bridgehead atoms. The van der Waals surface area contributed by atoms with E-state index in [4.69, 9.17) is 4.74 Å². The largest absolute Gasteiger partial charge is 0.497 e. The Morgan fingerprint density at radius 2 is 1.83 bits per heavy atom. The molecule has 30 heavy (non-hydrogen) atoms. The van der Waals surface area contributed by atoms with Crippen LogP contribution in [0.2, 0.25) is 0 Å². The van der Waals surface area contributed by atoms with Gasteiger partial charge in [0.05, 0.1) is 19.0 Å².